The van der Waals surface area contributed by atoms with E-state index >= 15 is 0 Å². The van der Waals surface area contributed by atoms with Gasteiger partial charge in [0.1, 0.15) is 12.2 Å². The van der Waals surface area contributed by atoms with E-state index in [0.717, 1.165) is 5.82 Å². The maximum absolute atomic E-state index is 11.5. The van der Waals surface area contributed by atoms with Gasteiger partial charge in [-0.2, -0.15) is 5.10 Å². The van der Waals surface area contributed by atoms with Crippen LogP contribution in [0.15, 0.2) is 30.6 Å². The van der Waals surface area contributed by atoms with Crippen molar-refractivity contribution in [1.82, 2.24) is 20.5 Å². The highest BCUT2D eigenvalue weighted by atomic mass is 35.5. The van der Waals surface area contributed by atoms with Gasteiger partial charge >= 0.3 is 6.03 Å². The van der Waals surface area contributed by atoms with Crippen LogP contribution in [0, 0.1) is 0 Å². The van der Waals surface area contributed by atoms with Crippen molar-refractivity contribution in [2.45, 2.75) is 6.42 Å². The molecule has 2 amide bonds. The summed E-state index contributed by atoms with van der Waals surface area (Å²) in [6.07, 6.45) is 2.03. The Labute approximate surface area is 109 Å². The normalized spacial score (nSPS) is 10.1. The first-order chi connectivity index (χ1) is 8.74. The quantitative estimate of drug-likeness (QED) is 0.789. The number of anilines is 1. The molecule has 1 aromatic carbocycles. The molecular weight excluding hydrogens is 254 g/mol. The van der Waals surface area contributed by atoms with Gasteiger partial charge < -0.3 is 10.6 Å². The summed E-state index contributed by atoms with van der Waals surface area (Å²) >= 11 is 5.81. The van der Waals surface area contributed by atoms with E-state index in [1.165, 1.54) is 6.33 Å². The molecule has 0 saturated carbocycles. The molecule has 0 aliphatic rings. The van der Waals surface area contributed by atoms with E-state index in [1.807, 2.05) is 0 Å². The molecule has 0 fully saturated rings. The SMILES string of the molecule is O=C(NCCc1ncn[nH]1)Nc1cccc(Cl)c1. The fourth-order valence-electron chi connectivity index (χ4n) is 1.39. The van der Waals surface area contributed by atoms with Gasteiger partial charge in [0, 0.05) is 23.7 Å². The minimum absolute atomic E-state index is 0.281. The zero-order chi connectivity index (χ0) is 12.8. The second-order valence-corrected chi connectivity index (χ2v) is 4.01. The van der Waals surface area contributed by atoms with E-state index < -0.39 is 0 Å². The predicted molar refractivity (Wildman–Crippen MR) is 68.6 cm³/mol. The van der Waals surface area contributed by atoms with E-state index in [0.29, 0.717) is 23.7 Å². The molecule has 0 atom stereocenters. The van der Waals surface area contributed by atoms with Gasteiger partial charge in [-0.1, -0.05) is 17.7 Å². The molecular formula is C11H12ClN5O. The lowest BCUT2D eigenvalue weighted by atomic mass is 10.3. The maximum atomic E-state index is 11.5. The summed E-state index contributed by atoms with van der Waals surface area (Å²) in [5.41, 5.74) is 0.652. The molecule has 1 heterocycles. The number of hydrogen-bond donors (Lipinski definition) is 3. The molecule has 2 rings (SSSR count). The van der Waals surface area contributed by atoms with Gasteiger partial charge in [0.25, 0.3) is 0 Å². The Balaban J connectivity index is 1.75. The summed E-state index contributed by atoms with van der Waals surface area (Å²) in [4.78, 5) is 15.5. The minimum Gasteiger partial charge on any atom is -0.337 e. The number of carbonyl (C=O) groups excluding carboxylic acids is 1. The molecule has 7 heteroatoms. The minimum atomic E-state index is -0.281. The van der Waals surface area contributed by atoms with E-state index in [1.54, 1.807) is 24.3 Å². The number of carbonyl (C=O) groups is 1. The molecule has 6 nitrogen and oxygen atoms in total. The van der Waals surface area contributed by atoms with Crippen LogP contribution in [-0.2, 0) is 6.42 Å². The molecule has 0 radical (unpaired) electrons. The van der Waals surface area contributed by atoms with Crippen LogP contribution in [0.2, 0.25) is 5.02 Å². The van der Waals surface area contributed by atoms with E-state index in [9.17, 15) is 4.79 Å². The highest BCUT2D eigenvalue weighted by Crippen LogP contribution is 2.14. The van der Waals surface area contributed by atoms with Crippen LogP contribution in [0.5, 0.6) is 0 Å². The number of aromatic amines is 1. The highest BCUT2D eigenvalue weighted by molar-refractivity contribution is 6.30. The van der Waals surface area contributed by atoms with Crippen LogP contribution in [-0.4, -0.2) is 27.8 Å². The molecule has 0 aliphatic carbocycles. The van der Waals surface area contributed by atoms with Crippen LogP contribution in [0.4, 0.5) is 10.5 Å². The lowest BCUT2D eigenvalue weighted by Gasteiger charge is -2.06. The number of amides is 2. The number of rotatable bonds is 4. The van der Waals surface area contributed by atoms with Gasteiger partial charge in [-0.25, -0.2) is 9.78 Å². The fraction of sp³-hybridized carbons (Fsp3) is 0.182. The number of aromatic nitrogens is 3. The number of nitrogens with one attached hydrogen (secondary N) is 3. The largest absolute Gasteiger partial charge is 0.337 e. The van der Waals surface area contributed by atoms with E-state index in [-0.39, 0.29) is 6.03 Å². The summed E-state index contributed by atoms with van der Waals surface area (Å²) in [5, 5.41) is 12.4. The standard InChI is InChI=1S/C11H12ClN5O/c12-8-2-1-3-9(6-8)16-11(18)13-5-4-10-14-7-15-17-10/h1-3,6-7H,4-5H2,(H2,13,16,18)(H,14,15,17). The monoisotopic (exact) mass is 265 g/mol. The molecule has 0 unspecified atom stereocenters. The van der Waals surface area contributed by atoms with Gasteiger partial charge in [-0.05, 0) is 18.2 Å². The number of urea groups is 1. The van der Waals surface area contributed by atoms with Gasteiger partial charge in [-0.3, -0.25) is 5.10 Å². The third kappa shape index (κ3) is 3.74. The van der Waals surface area contributed by atoms with Crippen LogP contribution < -0.4 is 10.6 Å². The maximum Gasteiger partial charge on any atom is 0.319 e. The Morgan fingerprint density at radius 1 is 1.44 bits per heavy atom. The van der Waals surface area contributed by atoms with E-state index in [4.69, 9.17) is 11.6 Å². The summed E-state index contributed by atoms with van der Waals surface area (Å²) in [7, 11) is 0. The van der Waals surface area contributed by atoms with Gasteiger partial charge in [0.15, 0.2) is 0 Å². The lowest BCUT2D eigenvalue weighted by Crippen LogP contribution is -2.30. The fourth-order valence-corrected chi connectivity index (χ4v) is 1.58. The first-order valence-electron chi connectivity index (χ1n) is 5.39. The third-order valence-electron chi connectivity index (χ3n) is 2.19. The highest BCUT2D eigenvalue weighted by Gasteiger charge is 2.02. The molecule has 94 valence electrons. The topological polar surface area (TPSA) is 82.7 Å². The van der Waals surface area contributed by atoms with Crippen LogP contribution in [0.25, 0.3) is 0 Å². The Hall–Kier alpha value is -2.08. The average molecular weight is 266 g/mol. The number of benzene rings is 1. The summed E-state index contributed by atoms with van der Waals surface area (Å²) in [5.74, 6) is 0.734. The first kappa shape index (κ1) is 12.4. The Kier molecular flexibility index (Phi) is 4.14. The summed E-state index contributed by atoms with van der Waals surface area (Å²) in [6.45, 7) is 0.474. The number of halogens is 1. The molecule has 0 aliphatic heterocycles. The van der Waals surface area contributed by atoms with Gasteiger partial charge in [0.05, 0.1) is 0 Å². The zero-order valence-electron chi connectivity index (χ0n) is 9.48. The second kappa shape index (κ2) is 6.02. The third-order valence-corrected chi connectivity index (χ3v) is 2.43. The molecule has 18 heavy (non-hydrogen) atoms. The zero-order valence-corrected chi connectivity index (χ0v) is 10.2. The van der Waals surface area contributed by atoms with Crippen molar-refractivity contribution in [2.24, 2.45) is 0 Å². The van der Waals surface area contributed by atoms with Gasteiger partial charge in [-0.15, -0.1) is 0 Å². The van der Waals surface area contributed by atoms with Crippen LogP contribution in [0.3, 0.4) is 0 Å². The van der Waals surface area contributed by atoms with Crippen LogP contribution in [0.1, 0.15) is 5.82 Å². The number of hydrogen-bond acceptors (Lipinski definition) is 3. The molecule has 0 spiro atoms. The number of H-pyrrole nitrogens is 1. The summed E-state index contributed by atoms with van der Waals surface area (Å²) < 4.78 is 0. The van der Waals surface area contributed by atoms with Crippen molar-refractivity contribution in [3.05, 3.63) is 41.4 Å². The van der Waals surface area contributed by atoms with E-state index in [2.05, 4.69) is 25.8 Å². The van der Waals surface area contributed by atoms with Crippen LogP contribution >= 0.6 is 11.6 Å². The van der Waals surface area contributed by atoms with Crippen molar-refractivity contribution >= 4 is 23.3 Å². The Morgan fingerprint density at radius 3 is 3.06 bits per heavy atom. The predicted octanol–water partition coefficient (Wildman–Crippen LogP) is 1.82. The summed E-state index contributed by atoms with van der Waals surface area (Å²) in [6, 6.07) is 6.68. The molecule has 2 aromatic rings. The smallest absolute Gasteiger partial charge is 0.319 e. The molecule has 0 saturated heterocycles. The van der Waals surface area contributed by atoms with Crippen molar-refractivity contribution in [1.29, 1.82) is 0 Å². The molecule has 0 bridgehead atoms. The first-order valence-corrected chi connectivity index (χ1v) is 5.76. The number of nitrogens with zero attached hydrogens (tertiary/aromatic N) is 2. The van der Waals surface area contributed by atoms with Crippen molar-refractivity contribution < 1.29 is 4.79 Å². The lowest BCUT2D eigenvalue weighted by molar-refractivity contribution is 0.252. The van der Waals surface area contributed by atoms with Crippen molar-refractivity contribution in [3.63, 3.8) is 0 Å². The Morgan fingerprint density at radius 2 is 2.33 bits per heavy atom. The van der Waals surface area contributed by atoms with Crippen molar-refractivity contribution in [3.8, 4) is 0 Å². The van der Waals surface area contributed by atoms with Gasteiger partial charge in [0.2, 0.25) is 0 Å². The average Bonchev–Trinajstić information content (AvgIpc) is 2.82. The molecule has 3 N–H and O–H groups in total. The second-order valence-electron chi connectivity index (χ2n) is 3.57. The Bertz CT molecular complexity index is 514. The molecule has 1 aromatic heterocycles. The van der Waals surface area contributed by atoms with Crippen molar-refractivity contribution in [2.75, 3.05) is 11.9 Å².